The lowest BCUT2D eigenvalue weighted by molar-refractivity contribution is 0.191. The zero-order valence-corrected chi connectivity index (χ0v) is 17.4. The maximum Gasteiger partial charge on any atom is 0.317 e. The Labute approximate surface area is 172 Å². The number of benzene rings is 2. The third-order valence-electron chi connectivity index (χ3n) is 5.20. The van der Waals surface area contributed by atoms with Gasteiger partial charge in [0, 0.05) is 18.7 Å². The van der Waals surface area contributed by atoms with E-state index in [0.29, 0.717) is 13.2 Å². The van der Waals surface area contributed by atoms with Crippen molar-refractivity contribution in [3.05, 3.63) is 53.6 Å². The van der Waals surface area contributed by atoms with Crippen LogP contribution < -0.4 is 19.5 Å². The molecule has 3 rings (SSSR count). The molecule has 29 heavy (non-hydrogen) atoms. The second-order valence-corrected chi connectivity index (χ2v) is 7.21. The van der Waals surface area contributed by atoms with Crippen molar-refractivity contribution in [2.24, 2.45) is 0 Å². The molecule has 156 valence electrons. The van der Waals surface area contributed by atoms with Gasteiger partial charge in [-0.1, -0.05) is 17.7 Å². The molecule has 0 bridgehead atoms. The average molecular weight is 399 g/mol. The van der Waals surface area contributed by atoms with Gasteiger partial charge in [-0.15, -0.1) is 0 Å². The van der Waals surface area contributed by atoms with Crippen LogP contribution in [-0.4, -0.2) is 44.8 Å². The first-order chi connectivity index (χ1) is 14.1. The van der Waals surface area contributed by atoms with E-state index in [-0.39, 0.29) is 12.1 Å². The number of methoxy groups -OCH3 is 2. The summed E-state index contributed by atoms with van der Waals surface area (Å²) in [7, 11) is 3.29. The highest BCUT2D eigenvalue weighted by Gasteiger charge is 2.32. The normalized spacial score (nSPS) is 15.8. The van der Waals surface area contributed by atoms with Gasteiger partial charge in [-0.05, 0) is 56.5 Å². The van der Waals surface area contributed by atoms with Crippen LogP contribution in [0.5, 0.6) is 17.2 Å². The summed E-state index contributed by atoms with van der Waals surface area (Å²) >= 11 is 0. The fourth-order valence-electron chi connectivity index (χ4n) is 3.63. The second kappa shape index (κ2) is 10.0. The van der Waals surface area contributed by atoms with Crippen LogP contribution in [0.15, 0.2) is 42.5 Å². The number of amides is 2. The zero-order valence-electron chi connectivity index (χ0n) is 17.4. The predicted molar refractivity (Wildman–Crippen MR) is 113 cm³/mol. The molecule has 1 fully saturated rings. The molecule has 0 saturated carbocycles. The molecule has 1 aliphatic heterocycles. The van der Waals surface area contributed by atoms with Gasteiger partial charge in [-0.25, -0.2) is 4.79 Å². The number of nitrogens with zero attached hydrogens (tertiary/aromatic N) is 1. The van der Waals surface area contributed by atoms with Crippen LogP contribution in [0.2, 0.25) is 0 Å². The lowest BCUT2D eigenvalue weighted by Gasteiger charge is -2.27. The third kappa shape index (κ3) is 5.34. The first kappa shape index (κ1) is 20.8. The van der Waals surface area contributed by atoms with Crippen molar-refractivity contribution in [1.29, 1.82) is 0 Å². The number of ether oxygens (including phenoxy) is 3. The van der Waals surface area contributed by atoms with Gasteiger partial charge >= 0.3 is 6.03 Å². The number of carbonyl (C=O) groups is 1. The Morgan fingerprint density at radius 2 is 1.86 bits per heavy atom. The fourth-order valence-corrected chi connectivity index (χ4v) is 3.63. The van der Waals surface area contributed by atoms with E-state index in [1.165, 1.54) is 5.56 Å². The number of carbonyl (C=O) groups excluding carboxylic acids is 1. The topological polar surface area (TPSA) is 60.0 Å². The average Bonchev–Trinajstić information content (AvgIpc) is 3.24. The van der Waals surface area contributed by atoms with E-state index >= 15 is 0 Å². The van der Waals surface area contributed by atoms with E-state index in [2.05, 4.69) is 5.32 Å². The van der Waals surface area contributed by atoms with E-state index < -0.39 is 0 Å². The zero-order chi connectivity index (χ0) is 20.6. The maximum absolute atomic E-state index is 12.8. The van der Waals surface area contributed by atoms with Crippen molar-refractivity contribution in [1.82, 2.24) is 10.2 Å². The van der Waals surface area contributed by atoms with Crippen LogP contribution in [-0.2, 0) is 0 Å². The van der Waals surface area contributed by atoms with Crippen molar-refractivity contribution in [2.75, 3.05) is 33.9 Å². The number of likely N-dealkylation sites (tertiary alicyclic amines) is 1. The van der Waals surface area contributed by atoms with E-state index in [1.54, 1.807) is 14.2 Å². The number of hydrogen-bond donors (Lipinski definition) is 1. The van der Waals surface area contributed by atoms with Gasteiger partial charge in [0.05, 0.1) is 26.9 Å². The lowest BCUT2D eigenvalue weighted by atomic mass is 10.0. The molecule has 6 nitrogen and oxygen atoms in total. The quantitative estimate of drug-likeness (QED) is 0.673. The summed E-state index contributed by atoms with van der Waals surface area (Å²) in [6.07, 6.45) is 2.63. The minimum Gasteiger partial charge on any atom is -0.497 e. The molecule has 0 aromatic heterocycles. The molecule has 2 aromatic carbocycles. The Bertz CT molecular complexity index is 807. The molecule has 1 saturated heterocycles. The van der Waals surface area contributed by atoms with Gasteiger partial charge in [0.25, 0.3) is 0 Å². The van der Waals surface area contributed by atoms with Crippen molar-refractivity contribution in [2.45, 2.75) is 32.2 Å². The Hall–Kier alpha value is -2.89. The van der Waals surface area contributed by atoms with Gasteiger partial charge in [0.15, 0.2) is 0 Å². The molecule has 1 N–H and O–H groups in total. The van der Waals surface area contributed by atoms with E-state index in [4.69, 9.17) is 14.2 Å². The molecule has 1 aliphatic rings. The van der Waals surface area contributed by atoms with Crippen LogP contribution in [0, 0.1) is 6.92 Å². The van der Waals surface area contributed by atoms with Gasteiger partial charge < -0.3 is 24.4 Å². The molecule has 2 aromatic rings. The number of aryl methyl sites for hydroxylation is 1. The van der Waals surface area contributed by atoms with Gasteiger partial charge in [0.2, 0.25) is 0 Å². The third-order valence-corrected chi connectivity index (χ3v) is 5.20. The van der Waals surface area contributed by atoms with E-state index in [9.17, 15) is 4.79 Å². The van der Waals surface area contributed by atoms with Crippen LogP contribution in [0.4, 0.5) is 4.79 Å². The molecule has 1 heterocycles. The standard InChI is InChI=1S/C23H30N2O4/c1-17-7-9-18(10-8-17)29-15-5-13-24-23(26)25-14-4-6-21(25)20-16-19(27-2)11-12-22(20)28-3/h7-12,16,21H,4-6,13-15H2,1-3H3,(H,24,26). The number of nitrogens with one attached hydrogen (secondary N) is 1. The summed E-state index contributed by atoms with van der Waals surface area (Å²) in [5, 5.41) is 3.02. The molecule has 0 radical (unpaired) electrons. The summed E-state index contributed by atoms with van der Waals surface area (Å²) in [5.74, 6) is 2.40. The minimum atomic E-state index is -0.0484. The van der Waals surface area contributed by atoms with Crippen LogP contribution >= 0.6 is 0 Å². The first-order valence-electron chi connectivity index (χ1n) is 10.1. The Kier molecular flexibility index (Phi) is 7.22. The minimum absolute atomic E-state index is 0.0103. The highest BCUT2D eigenvalue weighted by molar-refractivity contribution is 5.75. The molecule has 1 atom stereocenters. The van der Waals surface area contributed by atoms with Crippen LogP contribution in [0.1, 0.15) is 36.4 Å². The van der Waals surface area contributed by atoms with Crippen molar-refractivity contribution in [3.8, 4) is 17.2 Å². The number of hydrogen-bond acceptors (Lipinski definition) is 4. The molecular formula is C23H30N2O4. The Morgan fingerprint density at radius 1 is 1.10 bits per heavy atom. The van der Waals surface area contributed by atoms with E-state index in [1.807, 2.05) is 54.3 Å². The highest BCUT2D eigenvalue weighted by atomic mass is 16.5. The lowest BCUT2D eigenvalue weighted by Crippen LogP contribution is -2.40. The maximum atomic E-state index is 12.8. The summed E-state index contributed by atoms with van der Waals surface area (Å²) in [5.41, 5.74) is 2.19. The predicted octanol–water partition coefficient (Wildman–Crippen LogP) is 4.33. The molecule has 0 aliphatic carbocycles. The summed E-state index contributed by atoms with van der Waals surface area (Å²) in [6.45, 7) is 3.92. The summed E-state index contributed by atoms with van der Waals surface area (Å²) in [6, 6.07) is 13.6. The largest absolute Gasteiger partial charge is 0.497 e. The Balaban J connectivity index is 1.51. The van der Waals surface area contributed by atoms with Crippen molar-refractivity contribution < 1.29 is 19.0 Å². The first-order valence-corrected chi connectivity index (χ1v) is 10.1. The monoisotopic (exact) mass is 398 g/mol. The van der Waals surface area contributed by atoms with Gasteiger partial charge in [-0.3, -0.25) is 0 Å². The highest BCUT2D eigenvalue weighted by Crippen LogP contribution is 2.38. The smallest absolute Gasteiger partial charge is 0.317 e. The Morgan fingerprint density at radius 3 is 2.59 bits per heavy atom. The van der Waals surface area contributed by atoms with Crippen LogP contribution in [0.3, 0.4) is 0 Å². The van der Waals surface area contributed by atoms with Gasteiger partial charge in [-0.2, -0.15) is 0 Å². The molecular weight excluding hydrogens is 368 g/mol. The molecule has 1 unspecified atom stereocenters. The molecule has 2 amide bonds. The second-order valence-electron chi connectivity index (χ2n) is 7.21. The SMILES string of the molecule is COc1ccc(OC)c(C2CCCN2C(=O)NCCCOc2ccc(C)cc2)c1. The fraction of sp³-hybridized carbons (Fsp3) is 0.435. The number of urea groups is 1. The van der Waals surface area contributed by atoms with Crippen molar-refractivity contribution >= 4 is 6.03 Å². The number of rotatable bonds is 8. The van der Waals surface area contributed by atoms with E-state index in [0.717, 1.165) is 48.6 Å². The molecule has 0 spiro atoms. The van der Waals surface area contributed by atoms with Crippen LogP contribution in [0.25, 0.3) is 0 Å². The summed E-state index contributed by atoms with van der Waals surface area (Å²) in [4.78, 5) is 14.6. The summed E-state index contributed by atoms with van der Waals surface area (Å²) < 4.78 is 16.6. The van der Waals surface area contributed by atoms with Gasteiger partial charge in [0.1, 0.15) is 17.2 Å². The molecule has 6 heteroatoms. The van der Waals surface area contributed by atoms with Crippen molar-refractivity contribution in [3.63, 3.8) is 0 Å².